The van der Waals surface area contributed by atoms with Gasteiger partial charge in [-0.2, -0.15) is 0 Å². The molecule has 0 amide bonds. The molecule has 1 saturated heterocycles. The number of guanidine groups is 1. The van der Waals surface area contributed by atoms with Crippen molar-refractivity contribution in [3.63, 3.8) is 0 Å². The van der Waals surface area contributed by atoms with Gasteiger partial charge in [-0.15, -0.1) is 5.10 Å². The van der Waals surface area contributed by atoms with Gasteiger partial charge in [0, 0.05) is 13.1 Å². The number of morpholine rings is 1. The van der Waals surface area contributed by atoms with Gasteiger partial charge in [-0.1, -0.05) is 23.8 Å². The standard InChI is InChI=1S/C22H28N6O2/c1-4-23-22(24-13-20-25-21(27-26-20)18-6-5-10-29-18)28-9-11-30-19(14-28)17-8-7-15(2)12-16(17)3/h5-8,10,12,19H,4,9,11,13-14H2,1-3H3,(H,23,24)(H,25,26,27). The third kappa shape index (κ3) is 4.54. The molecule has 1 fully saturated rings. The molecule has 0 bridgehead atoms. The number of ether oxygens (including phenoxy) is 1. The summed E-state index contributed by atoms with van der Waals surface area (Å²) < 4.78 is 11.4. The zero-order valence-electron chi connectivity index (χ0n) is 17.7. The van der Waals surface area contributed by atoms with Gasteiger partial charge in [-0.05, 0) is 44.0 Å². The number of aromatic amines is 1. The van der Waals surface area contributed by atoms with Crippen LogP contribution in [0.5, 0.6) is 0 Å². The SMILES string of the molecule is CCNC(=NCc1nc(-c2ccco2)n[nH]1)N1CCOC(c2ccc(C)cc2C)C1. The summed E-state index contributed by atoms with van der Waals surface area (Å²) in [6, 6.07) is 10.2. The van der Waals surface area contributed by atoms with Crippen molar-refractivity contribution in [2.24, 2.45) is 4.99 Å². The zero-order valence-corrected chi connectivity index (χ0v) is 17.7. The molecule has 3 heterocycles. The van der Waals surface area contributed by atoms with E-state index in [2.05, 4.69) is 64.4 Å². The Kier molecular flexibility index (Phi) is 6.13. The van der Waals surface area contributed by atoms with E-state index in [0.717, 1.165) is 25.6 Å². The highest BCUT2D eigenvalue weighted by atomic mass is 16.5. The number of aromatic nitrogens is 3. The van der Waals surface area contributed by atoms with Crippen molar-refractivity contribution in [1.82, 2.24) is 25.4 Å². The van der Waals surface area contributed by atoms with Crippen LogP contribution in [0.2, 0.25) is 0 Å². The number of nitrogens with zero attached hydrogens (tertiary/aromatic N) is 4. The Morgan fingerprint density at radius 3 is 3.00 bits per heavy atom. The molecule has 1 atom stereocenters. The summed E-state index contributed by atoms with van der Waals surface area (Å²) in [5, 5.41) is 10.5. The average molecular weight is 409 g/mol. The number of hydrogen-bond donors (Lipinski definition) is 2. The number of furan rings is 1. The Morgan fingerprint density at radius 1 is 1.33 bits per heavy atom. The summed E-state index contributed by atoms with van der Waals surface area (Å²) in [4.78, 5) is 11.5. The lowest BCUT2D eigenvalue weighted by molar-refractivity contribution is -0.00834. The van der Waals surface area contributed by atoms with E-state index < -0.39 is 0 Å². The van der Waals surface area contributed by atoms with Gasteiger partial charge in [0.15, 0.2) is 11.7 Å². The first kappa shape index (κ1) is 20.2. The highest BCUT2D eigenvalue weighted by molar-refractivity contribution is 5.80. The van der Waals surface area contributed by atoms with Gasteiger partial charge in [-0.25, -0.2) is 9.98 Å². The molecule has 1 aliphatic rings. The Bertz CT molecular complexity index is 995. The third-order valence-electron chi connectivity index (χ3n) is 5.12. The smallest absolute Gasteiger partial charge is 0.216 e. The number of nitrogens with one attached hydrogen (secondary N) is 2. The van der Waals surface area contributed by atoms with E-state index in [1.165, 1.54) is 16.7 Å². The van der Waals surface area contributed by atoms with Crippen molar-refractivity contribution in [3.8, 4) is 11.6 Å². The highest BCUT2D eigenvalue weighted by Crippen LogP contribution is 2.26. The normalized spacial score (nSPS) is 17.4. The number of aryl methyl sites for hydroxylation is 2. The Morgan fingerprint density at radius 2 is 2.23 bits per heavy atom. The van der Waals surface area contributed by atoms with Gasteiger partial charge >= 0.3 is 0 Å². The minimum atomic E-state index is 0.0269. The van der Waals surface area contributed by atoms with Crippen LogP contribution in [0.1, 0.15) is 35.5 Å². The van der Waals surface area contributed by atoms with Crippen LogP contribution in [0.15, 0.2) is 46.0 Å². The molecule has 4 rings (SSSR count). The first-order valence-corrected chi connectivity index (χ1v) is 10.3. The molecular formula is C22H28N6O2. The summed E-state index contributed by atoms with van der Waals surface area (Å²) in [7, 11) is 0. The van der Waals surface area contributed by atoms with Crippen molar-refractivity contribution in [3.05, 3.63) is 59.1 Å². The monoisotopic (exact) mass is 408 g/mol. The summed E-state index contributed by atoms with van der Waals surface area (Å²) in [6.07, 6.45) is 1.64. The van der Waals surface area contributed by atoms with Crippen molar-refractivity contribution in [2.45, 2.75) is 33.4 Å². The average Bonchev–Trinajstić information content (AvgIpc) is 3.43. The lowest BCUT2D eigenvalue weighted by Gasteiger charge is -2.35. The van der Waals surface area contributed by atoms with Crippen LogP contribution in [0, 0.1) is 13.8 Å². The number of rotatable bonds is 5. The summed E-state index contributed by atoms with van der Waals surface area (Å²) >= 11 is 0. The molecule has 158 valence electrons. The summed E-state index contributed by atoms with van der Waals surface area (Å²) in [5.41, 5.74) is 3.76. The van der Waals surface area contributed by atoms with Crippen LogP contribution < -0.4 is 5.32 Å². The molecule has 8 nitrogen and oxygen atoms in total. The molecule has 30 heavy (non-hydrogen) atoms. The Balaban J connectivity index is 1.47. The van der Waals surface area contributed by atoms with Crippen molar-refractivity contribution < 1.29 is 9.15 Å². The third-order valence-corrected chi connectivity index (χ3v) is 5.12. The quantitative estimate of drug-likeness (QED) is 0.498. The number of H-pyrrole nitrogens is 1. The van der Waals surface area contributed by atoms with Crippen LogP contribution in [0.25, 0.3) is 11.6 Å². The predicted molar refractivity (Wildman–Crippen MR) is 115 cm³/mol. The van der Waals surface area contributed by atoms with E-state index in [4.69, 9.17) is 14.1 Å². The van der Waals surface area contributed by atoms with Gasteiger partial charge in [0.2, 0.25) is 5.82 Å². The first-order chi connectivity index (χ1) is 14.6. The van der Waals surface area contributed by atoms with Crippen molar-refractivity contribution in [2.75, 3.05) is 26.2 Å². The van der Waals surface area contributed by atoms with E-state index in [1.807, 2.05) is 12.1 Å². The molecule has 1 unspecified atom stereocenters. The van der Waals surface area contributed by atoms with Crippen molar-refractivity contribution >= 4 is 5.96 Å². The molecule has 2 aromatic heterocycles. The number of hydrogen-bond acceptors (Lipinski definition) is 5. The minimum Gasteiger partial charge on any atom is -0.461 e. The van der Waals surface area contributed by atoms with Gasteiger partial charge in [-0.3, -0.25) is 5.10 Å². The molecule has 1 aliphatic heterocycles. The number of benzene rings is 1. The lowest BCUT2D eigenvalue weighted by atomic mass is 10.00. The molecule has 8 heteroatoms. The van der Waals surface area contributed by atoms with Gasteiger partial charge < -0.3 is 19.4 Å². The fourth-order valence-electron chi connectivity index (χ4n) is 3.67. The predicted octanol–water partition coefficient (Wildman–Crippen LogP) is 3.22. The summed E-state index contributed by atoms with van der Waals surface area (Å²) in [5.74, 6) is 2.72. The first-order valence-electron chi connectivity index (χ1n) is 10.3. The minimum absolute atomic E-state index is 0.0269. The molecule has 2 N–H and O–H groups in total. The van der Waals surface area contributed by atoms with E-state index in [0.29, 0.717) is 30.6 Å². The van der Waals surface area contributed by atoms with Gasteiger partial charge in [0.1, 0.15) is 18.5 Å². The van der Waals surface area contributed by atoms with Crippen molar-refractivity contribution in [1.29, 1.82) is 0 Å². The second kappa shape index (κ2) is 9.13. The number of aliphatic imine (C=N–C) groups is 1. The maximum Gasteiger partial charge on any atom is 0.216 e. The lowest BCUT2D eigenvalue weighted by Crippen LogP contribution is -2.48. The second-order valence-corrected chi connectivity index (χ2v) is 7.42. The molecular weight excluding hydrogens is 380 g/mol. The zero-order chi connectivity index (χ0) is 20.9. The summed E-state index contributed by atoms with van der Waals surface area (Å²) in [6.45, 7) is 9.73. The Hall–Kier alpha value is -3.13. The molecule has 1 aromatic carbocycles. The van der Waals surface area contributed by atoms with E-state index in [1.54, 1.807) is 6.26 Å². The largest absolute Gasteiger partial charge is 0.461 e. The molecule has 0 spiro atoms. The molecule has 0 aliphatic carbocycles. The maximum atomic E-state index is 6.09. The van der Waals surface area contributed by atoms with Gasteiger partial charge in [0.05, 0.1) is 19.4 Å². The van der Waals surface area contributed by atoms with E-state index >= 15 is 0 Å². The maximum absolute atomic E-state index is 6.09. The van der Waals surface area contributed by atoms with Crippen LogP contribution >= 0.6 is 0 Å². The van der Waals surface area contributed by atoms with Crippen LogP contribution in [0.3, 0.4) is 0 Å². The fraction of sp³-hybridized carbons (Fsp3) is 0.409. The fourth-order valence-corrected chi connectivity index (χ4v) is 3.67. The molecule has 0 radical (unpaired) electrons. The van der Waals surface area contributed by atoms with E-state index in [9.17, 15) is 0 Å². The van der Waals surface area contributed by atoms with Gasteiger partial charge in [0.25, 0.3) is 0 Å². The Labute approximate surface area is 176 Å². The highest BCUT2D eigenvalue weighted by Gasteiger charge is 2.25. The molecule has 3 aromatic rings. The van der Waals surface area contributed by atoms with E-state index in [-0.39, 0.29) is 6.10 Å². The van der Waals surface area contributed by atoms with Crippen LogP contribution in [-0.2, 0) is 11.3 Å². The second-order valence-electron chi connectivity index (χ2n) is 7.42. The molecule has 0 saturated carbocycles. The topological polar surface area (TPSA) is 91.6 Å². The van der Waals surface area contributed by atoms with Crippen LogP contribution in [0.4, 0.5) is 0 Å². The van der Waals surface area contributed by atoms with Crippen LogP contribution in [-0.4, -0.2) is 52.3 Å².